The lowest BCUT2D eigenvalue weighted by Gasteiger charge is -2.31. The number of carbonyl (C=O) groups excluding carboxylic acids is 3. The summed E-state index contributed by atoms with van der Waals surface area (Å²) in [6, 6.07) is 16.2. The number of anilines is 1. The molecule has 0 atom stereocenters. The Morgan fingerprint density at radius 3 is 2.32 bits per heavy atom. The van der Waals surface area contributed by atoms with Gasteiger partial charge in [0.1, 0.15) is 5.75 Å². The summed E-state index contributed by atoms with van der Waals surface area (Å²) in [4.78, 5) is 39.3. The van der Waals surface area contributed by atoms with E-state index in [1.165, 1.54) is 0 Å². The van der Waals surface area contributed by atoms with Gasteiger partial charge in [-0.1, -0.05) is 30.3 Å². The number of benzene rings is 2. The third-order valence-electron chi connectivity index (χ3n) is 5.17. The van der Waals surface area contributed by atoms with E-state index < -0.39 is 0 Å². The van der Waals surface area contributed by atoms with E-state index in [4.69, 9.17) is 4.74 Å². The van der Waals surface area contributed by atoms with Crippen LogP contribution in [-0.2, 0) is 9.59 Å². The molecular formula is C24H29N3O4. The van der Waals surface area contributed by atoms with Gasteiger partial charge in [-0.15, -0.1) is 0 Å². The van der Waals surface area contributed by atoms with Gasteiger partial charge in [0, 0.05) is 25.0 Å². The van der Waals surface area contributed by atoms with Gasteiger partial charge in [-0.3, -0.25) is 14.4 Å². The molecule has 0 spiro atoms. The van der Waals surface area contributed by atoms with Crippen LogP contribution in [0, 0.1) is 5.92 Å². The van der Waals surface area contributed by atoms with Crippen LogP contribution in [0.5, 0.6) is 5.75 Å². The quantitative estimate of drug-likeness (QED) is 0.716. The highest BCUT2D eigenvalue weighted by Gasteiger charge is 2.28. The summed E-state index contributed by atoms with van der Waals surface area (Å²) in [5.41, 5.74) is 0.940. The van der Waals surface area contributed by atoms with Crippen molar-refractivity contribution < 1.29 is 19.1 Å². The minimum absolute atomic E-state index is 0.00370. The van der Waals surface area contributed by atoms with Gasteiger partial charge in [-0.25, -0.2) is 0 Å². The molecule has 164 valence electrons. The molecule has 1 aliphatic rings. The van der Waals surface area contributed by atoms with Gasteiger partial charge in [0.05, 0.1) is 11.3 Å². The molecule has 2 aromatic rings. The Balaban J connectivity index is 1.50. The van der Waals surface area contributed by atoms with E-state index in [9.17, 15) is 14.4 Å². The SMILES string of the molecule is CC(C)NC(=O)c1ccccc1NC(=O)C1CCN(C(=O)COc2ccccc2)CC1. The molecule has 7 heteroatoms. The molecule has 0 aromatic heterocycles. The topological polar surface area (TPSA) is 87.7 Å². The number of rotatable bonds is 7. The molecule has 3 amide bonds. The summed E-state index contributed by atoms with van der Waals surface area (Å²) in [5.74, 6) is 0.0196. The van der Waals surface area contributed by atoms with Crippen molar-refractivity contribution in [3.63, 3.8) is 0 Å². The van der Waals surface area contributed by atoms with Crippen molar-refractivity contribution in [2.45, 2.75) is 32.7 Å². The first kappa shape index (κ1) is 22.3. The van der Waals surface area contributed by atoms with E-state index in [0.29, 0.717) is 42.9 Å². The fraction of sp³-hybridized carbons (Fsp3) is 0.375. The molecule has 1 aliphatic heterocycles. The van der Waals surface area contributed by atoms with Crippen molar-refractivity contribution in [2.75, 3.05) is 25.0 Å². The molecule has 1 heterocycles. The maximum Gasteiger partial charge on any atom is 0.260 e. The average Bonchev–Trinajstić information content (AvgIpc) is 2.78. The van der Waals surface area contributed by atoms with Gasteiger partial charge in [0.2, 0.25) is 5.91 Å². The highest BCUT2D eigenvalue weighted by molar-refractivity contribution is 6.04. The van der Waals surface area contributed by atoms with E-state index in [-0.39, 0.29) is 36.3 Å². The molecule has 31 heavy (non-hydrogen) atoms. The van der Waals surface area contributed by atoms with Crippen molar-refractivity contribution in [2.24, 2.45) is 5.92 Å². The Morgan fingerprint density at radius 2 is 1.65 bits per heavy atom. The standard InChI is InChI=1S/C24H29N3O4/c1-17(2)25-24(30)20-10-6-7-11-21(20)26-23(29)18-12-14-27(15-13-18)22(28)16-31-19-8-4-3-5-9-19/h3-11,17-18H,12-16H2,1-2H3,(H,25,30)(H,26,29). The largest absolute Gasteiger partial charge is 0.484 e. The lowest BCUT2D eigenvalue weighted by Crippen LogP contribution is -2.43. The molecule has 1 saturated heterocycles. The minimum atomic E-state index is -0.218. The summed E-state index contributed by atoms with van der Waals surface area (Å²) in [5, 5.41) is 5.75. The van der Waals surface area contributed by atoms with E-state index in [2.05, 4.69) is 10.6 Å². The Hall–Kier alpha value is -3.35. The van der Waals surface area contributed by atoms with Crippen LogP contribution >= 0.6 is 0 Å². The molecule has 0 aliphatic carbocycles. The highest BCUT2D eigenvalue weighted by Crippen LogP contribution is 2.22. The summed E-state index contributed by atoms with van der Waals surface area (Å²) >= 11 is 0. The molecule has 0 saturated carbocycles. The van der Waals surface area contributed by atoms with Gasteiger partial charge in [0.25, 0.3) is 11.8 Å². The fourth-order valence-electron chi connectivity index (χ4n) is 3.51. The van der Waals surface area contributed by atoms with Crippen LogP contribution in [0.15, 0.2) is 54.6 Å². The van der Waals surface area contributed by atoms with Gasteiger partial charge in [0.15, 0.2) is 6.61 Å². The van der Waals surface area contributed by atoms with E-state index in [1.54, 1.807) is 29.2 Å². The summed E-state index contributed by atoms with van der Waals surface area (Å²) < 4.78 is 5.53. The second-order valence-corrected chi connectivity index (χ2v) is 7.92. The third kappa shape index (κ3) is 6.31. The predicted molar refractivity (Wildman–Crippen MR) is 119 cm³/mol. The lowest BCUT2D eigenvalue weighted by atomic mass is 9.95. The number of likely N-dealkylation sites (tertiary alicyclic amines) is 1. The van der Waals surface area contributed by atoms with Gasteiger partial charge in [-0.05, 0) is 51.0 Å². The molecular weight excluding hydrogens is 394 g/mol. The van der Waals surface area contributed by atoms with E-state index in [0.717, 1.165) is 0 Å². The number of para-hydroxylation sites is 2. The molecule has 3 rings (SSSR count). The summed E-state index contributed by atoms with van der Waals surface area (Å²) in [6.45, 7) is 4.77. The van der Waals surface area contributed by atoms with E-state index in [1.807, 2.05) is 44.2 Å². The third-order valence-corrected chi connectivity index (χ3v) is 5.17. The van der Waals surface area contributed by atoms with Crippen LogP contribution in [-0.4, -0.2) is 48.4 Å². The van der Waals surface area contributed by atoms with Crippen molar-refractivity contribution in [3.8, 4) is 5.75 Å². The second kappa shape index (κ2) is 10.6. The normalized spacial score (nSPS) is 14.2. The number of piperidine rings is 1. The van der Waals surface area contributed by atoms with Crippen LogP contribution in [0.2, 0.25) is 0 Å². The van der Waals surface area contributed by atoms with Crippen molar-refractivity contribution in [1.82, 2.24) is 10.2 Å². The van der Waals surface area contributed by atoms with Crippen LogP contribution in [0.1, 0.15) is 37.0 Å². The van der Waals surface area contributed by atoms with Crippen LogP contribution in [0.25, 0.3) is 0 Å². The first-order valence-corrected chi connectivity index (χ1v) is 10.6. The zero-order valence-electron chi connectivity index (χ0n) is 18.0. The smallest absolute Gasteiger partial charge is 0.260 e. The molecule has 0 bridgehead atoms. The number of carbonyl (C=O) groups is 3. The van der Waals surface area contributed by atoms with Crippen LogP contribution in [0.3, 0.4) is 0 Å². The predicted octanol–water partition coefficient (Wildman–Crippen LogP) is 3.08. The van der Waals surface area contributed by atoms with E-state index >= 15 is 0 Å². The number of hydrogen-bond acceptors (Lipinski definition) is 4. The number of hydrogen-bond donors (Lipinski definition) is 2. The number of nitrogens with zero attached hydrogens (tertiary/aromatic N) is 1. The Bertz CT molecular complexity index is 906. The average molecular weight is 424 g/mol. The van der Waals surface area contributed by atoms with Crippen molar-refractivity contribution in [1.29, 1.82) is 0 Å². The number of nitrogens with one attached hydrogen (secondary N) is 2. The molecule has 2 aromatic carbocycles. The lowest BCUT2D eigenvalue weighted by molar-refractivity contribution is -0.136. The maximum absolute atomic E-state index is 12.8. The van der Waals surface area contributed by atoms with Crippen LogP contribution < -0.4 is 15.4 Å². The molecule has 1 fully saturated rings. The zero-order valence-corrected chi connectivity index (χ0v) is 18.0. The van der Waals surface area contributed by atoms with Crippen LogP contribution in [0.4, 0.5) is 5.69 Å². The van der Waals surface area contributed by atoms with Gasteiger partial charge in [-0.2, -0.15) is 0 Å². The molecule has 2 N–H and O–H groups in total. The number of ether oxygens (including phenoxy) is 1. The zero-order chi connectivity index (χ0) is 22.2. The highest BCUT2D eigenvalue weighted by atomic mass is 16.5. The molecule has 0 radical (unpaired) electrons. The Morgan fingerprint density at radius 1 is 1.00 bits per heavy atom. The molecule has 0 unspecified atom stereocenters. The Kier molecular flexibility index (Phi) is 7.65. The second-order valence-electron chi connectivity index (χ2n) is 7.92. The monoisotopic (exact) mass is 423 g/mol. The van der Waals surface area contributed by atoms with Crippen molar-refractivity contribution >= 4 is 23.4 Å². The number of amides is 3. The molecule has 7 nitrogen and oxygen atoms in total. The Labute approximate surface area is 182 Å². The summed E-state index contributed by atoms with van der Waals surface area (Å²) in [7, 11) is 0. The summed E-state index contributed by atoms with van der Waals surface area (Å²) in [6.07, 6.45) is 1.15. The fourth-order valence-corrected chi connectivity index (χ4v) is 3.51. The first-order chi connectivity index (χ1) is 14.9. The van der Waals surface area contributed by atoms with Crippen molar-refractivity contribution in [3.05, 3.63) is 60.2 Å². The minimum Gasteiger partial charge on any atom is -0.484 e. The first-order valence-electron chi connectivity index (χ1n) is 10.6. The van der Waals surface area contributed by atoms with Gasteiger partial charge >= 0.3 is 0 Å². The van der Waals surface area contributed by atoms with Gasteiger partial charge < -0.3 is 20.3 Å². The maximum atomic E-state index is 12.8.